The molecular weight excluding hydrogens is 216 g/mol. The summed E-state index contributed by atoms with van der Waals surface area (Å²) in [5, 5.41) is 7.73. The Kier molecular flexibility index (Phi) is 4.36. The molecule has 0 saturated carbocycles. The van der Waals surface area contributed by atoms with Crippen LogP contribution in [0.5, 0.6) is 0 Å². The number of aryl methyl sites for hydroxylation is 1. The van der Waals surface area contributed by atoms with Gasteiger partial charge in [-0.05, 0) is 25.8 Å². The van der Waals surface area contributed by atoms with Crippen molar-refractivity contribution in [1.82, 2.24) is 19.7 Å². The van der Waals surface area contributed by atoms with Gasteiger partial charge in [0.2, 0.25) is 0 Å². The normalized spacial score (nSPS) is 14.9. The molecule has 5 heteroatoms. The van der Waals surface area contributed by atoms with Crippen molar-refractivity contribution in [2.75, 3.05) is 13.1 Å². The molecule has 0 saturated heterocycles. The summed E-state index contributed by atoms with van der Waals surface area (Å²) in [6.45, 7) is 5.56. The van der Waals surface area contributed by atoms with Crippen molar-refractivity contribution in [3.8, 4) is 0 Å². The molecule has 2 heterocycles. The van der Waals surface area contributed by atoms with E-state index >= 15 is 0 Å². The molecule has 0 fully saturated rings. The predicted molar refractivity (Wildman–Crippen MR) is 67.2 cm³/mol. The Morgan fingerprint density at radius 3 is 3.00 bits per heavy atom. The van der Waals surface area contributed by atoms with E-state index in [1.807, 2.05) is 4.57 Å². The van der Waals surface area contributed by atoms with Gasteiger partial charge >= 0.3 is 5.69 Å². The second kappa shape index (κ2) is 6.00. The summed E-state index contributed by atoms with van der Waals surface area (Å²) in [6.07, 6.45) is 5.60. The van der Waals surface area contributed by atoms with Crippen LogP contribution >= 0.6 is 0 Å². The Labute approximate surface area is 102 Å². The summed E-state index contributed by atoms with van der Waals surface area (Å²) in [5.74, 6) is 0.967. The predicted octanol–water partition coefficient (Wildman–Crippen LogP) is 0.771. The highest BCUT2D eigenvalue weighted by Crippen LogP contribution is 2.08. The quantitative estimate of drug-likeness (QED) is 0.745. The van der Waals surface area contributed by atoms with E-state index < -0.39 is 0 Å². The lowest BCUT2D eigenvalue weighted by Gasteiger charge is -2.09. The van der Waals surface area contributed by atoms with Crippen LogP contribution in [0.2, 0.25) is 0 Å². The third-order valence-corrected chi connectivity index (χ3v) is 3.24. The molecule has 0 aromatic carbocycles. The number of fused-ring (bicyclic) bond motifs is 1. The first-order valence-corrected chi connectivity index (χ1v) is 6.70. The van der Waals surface area contributed by atoms with Crippen molar-refractivity contribution >= 4 is 0 Å². The number of nitrogens with zero attached hydrogens (tertiary/aromatic N) is 3. The third-order valence-electron chi connectivity index (χ3n) is 3.24. The van der Waals surface area contributed by atoms with Crippen LogP contribution in [0.3, 0.4) is 0 Å². The van der Waals surface area contributed by atoms with Crippen molar-refractivity contribution in [3.63, 3.8) is 0 Å². The second-order valence-corrected chi connectivity index (χ2v) is 4.63. The minimum absolute atomic E-state index is 0.0667. The van der Waals surface area contributed by atoms with Gasteiger partial charge in [0, 0.05) is 19.5 Å². The maximum Gasteiger partial charge on any atom is 0.345 e. The Morgan fingerprint density at radius 2 is 2.24 bits per heavy atom. The van der Waals surface area contributed by atoms with E-state index in [2.05, 4.69) is 17.3 Å². The highest BCUT2D eigenvalue weighted by molar-refractivity contribution is 4.91. The molecule has 0 bridgehead atoms. The van der Waals surface area contributed by atoms with Crippen LogP contribution in [0.15, 0.2) is 4.79 Å². The number of hydrogen-bond donors (Lipinski definition) is 1. The lowest BCUT2D eigenvalue weighted by molar-refractivity contribution is 0.507. The lowest BCUT2D eigenvalue weighted by Crippen LogP contribution is -2.30. The van der Waals surface area contributed by atoms with Crippen molar-refractivity contribution in [2.24, 2.45) is 0 Å². The molecule has 5 nitrogen and oxygen atoms in total. The molecular formula is C12H22N4O. The molecule has 1 aromatic rings. The van der Waals surface area contributed by atoms with Crippen molar-refractivity contribution < 1.29 is 0 Å². The van der Waals surface area contributed by atoms with Gasteiger partial charge in [-0.2, -0.15) is 5.10 Å². The number of rotatable bonds is 6. The van der Waals surface area contributed by atoms with Gasteiger partial charge in [0.25, 0.3) is 0 Å². The van der Waals surface area contributed by atoms with Crippen LogP contribution in [0.25, 0.3) is 0 Å². The molecule has 0 unspecified atom stereocenters. The second-order valence-electron chi connectivity index (χ2n) is 4.63. The minimum atomic E-state index is 0.0667. The van der Waals surface area contributed by atoms with Crippen molar-refractivity contribution in [3.05, 3.63) is 16.3 Å². The molecule has 2 rings (SSSR count). The molecule has 1 aliphatic heterocycles. The summed E-state index contributed by atoms with van der Waals surface area (Å²) in [6, 6.07) is 0. The van der Waals surface area contributed by atoms with Crippen LogP contribution in [0.1, 0.15) is 38.4 Å². The lowest BCUT2D eigenvalue weighted by atomic mass is 10.2. The molecule has 0 amide bonds. The smallest absolute Gasteiger partial charge is 0.315 e. The zero-order chi connectivity index (χ0) is 12.1. The van der Waals surface area contributed by atoms with Gasteiger partial charge in [0.1, 0.15) is 5.82 Å². The topological polar surface area (TPSA) is 51.9 Å². The van der Waals surface area contributed by atoms with Crippen molar-refractivity contribution in [1.29, 1.82) is 0 Å². The Morgan fingerprint density at radius 1 is 1.35 bits per heavy atom. The molecule has 0 aliphatic carbocycles. The number of aromatic nitrogens is 3. The first kappa shape index (κ1) is 12.4. The number of nitrogens with one attached hydrogen (secondary N) is 1. The van der Waals surface area contributed by atoms with Crippen LogP contribution in [-0.2, 0) is 19.5 Å². The first-order valence-electron chi connectivity index (χ1n) is 6.70. The fraction of sp³-hybridized carbons (Fsp3) is 0.833. The van der Waals surface area contributed by atoms with E-state index in [0.717, 1.165) is 44.7 Å². The summed E-state index contributed by atoms with van der Waals surface area (Å²) >= 11 is 0. The van der Waals surface area contributed by atoms with Crippen molar-refractivity contribution in [2.45, 2.75) is 52.1 Å². The van der Waals surface area contributed by atoms with E-state index in [-0.39, 0.29) is 5.69 Å². The molecule has 0 atom stereocenters. The largest absolute Gasteiger partial charge is 0.345 e. The zero-order valence-electron chi connectivity index (χ0n) is 10.6. The van der Waals surface area contributed by atoms with Gasteiger partial charge in [0.15, 0.2) is 0 Å². The van der Waals surface area contributed by atoms with Crippen LogP contribution in [0, 0.1) is 0 Å². The van der Waals surface area contributed by atoms with Gasteiger partial charge in [0.05, 0.1) is 6.54 Å². The molecule has 0 radical (unpaired) electrons. The van der Waals surface area contributed by atoms with Gasteiger partial charge in [-0.3, -0.25) is 4.57 Å². The third kappa shape index (κ3) is 2.97. The molecule has 1 aromatic heterocycles. The first-order chi connectivity index (χ1) is 8.33. The fourth-order valence-electron chi connectivity index (χ4n) is 2.21. The van der Waals surface area contributed by atoms with Crippen LogP contribution in [-0.4, -0.2) is 27.4 Å². The summed E-state index contributed by atoms with van der Waals surface area (Å²) in [7, 11) is 0. The SMILES string of the molecule is CCCCNCCn1nc2n(c1=O)CCCC2. The van der Waals surface area contributed by atoms with Gasteiger partial charge < -0.3 is 5.32 Å². The monoisotopic (exact) mass is 238 g/mol. The number of hydrogen-bond acceptors (Lipinski definition) is 3. The fourth-order valence-corrected chi connectivity index (χ4v) is 2.21. The minimum Gasteiger partial charge on any atom is -0.315 e. The Hall–Kier alpha value is -1.10. The van der Waals surface area contributed by atoms with Crippen LogP contribution in [0.4, 0.5) is 0 Å². The van der Waals surface area contributed by atoms with Crippen LogP contribution < -0.4 is 11.0 Å². The average molecular weight is 238 g/mol. The number of unbranched alkanes of at least 4 members (excludes halogenated alkanes) is 1. The highest BCUT2D eigenvalue weighted by Gasteiger charge is 2.15. The maximum atomic E-state index is 12.0. The zero-order valence-corrected chi connectivity index (χ0v) is 10.6. The van der Waals surface area contributed by atoms with E-state index in [1.165, 1.54) is 12.8 Å². The molecule has 17 heavy (non-hydrogen) atoms. The molecule has 1 N–H and O–H groups in total. The highest BCUT2D eigenvalue weighted by atomic mass is 16.2. The van der Waals surface area contributed by atoms with E-state index in [1.54, 1.807) is 4.68 Å². The van der Waals surface area contributed by atoms with E-state index in [4.69, 9.17) is 0 Å². The maximum absolute atomic E-state index is 12.0. The average Bonchev–Trinajstić information content (AvgIpc) is 2.67. The Bertz CT molecular complexity index is 407. The summed E-state index contributed by atoms with van der Waals surface area (Å²) < 4.78 is 3.44. The van der Waals surface area contributed by atoms with Gasteiger partial charge in [-0.1, -0.05) is 13.3 Å². The van der Waals surface area contributed by atoms with Gasteiger partial charge in [-0.15, -0.1) is 0 Å². The molecule has 1 aliphatic rings. The Balaban J connectivity index is 1.88. The van der Waals surface area contributed by atoms with E-state index in [0.29, 0.717) is 6.54 Å². The van der Waals surface area contributed by atoms with Gasteiger partial charge in [-0.25, -0.2) is 9.48 Å². The standard InChI is InChI=1S/C12H22N4O/c1-2-3-7-13-8-10-16-12(17)15-9-5-4-6-11(15)14-16/h13H,2-10H2,1H3. The molecule has 96 valence electrons. The van der Waals surface area contributed by atoms with E-state index in [9.17, 15) is 4.79 Å². The summed E-state index contributed by atoms with van der Waals surface area (Å²) in [5.41, 5.74) is 0.0667. The molecule has 0 spiro atoms. The summed E-state index contributed by atoms with van der Waals surface area (Å²) in [4.78, 5) is 12.0.